The lowest BCUT2D eigenvalue weighted by Crippen LogP contribution is -2.05. The highest BCUT2D eigenvalue weighted by Crippen LogP contribution is 2.00. The zero-order chi connectivity index (χ0) is 5.82. The van der Waals surface area contributed by atoms with Crippen molar-refractivity contribution in [3.8, 4) is 5.97 Å². The smallest absolute Gasteiger partial charge is 0.213 e. The van der Waals surface area contributed by atoms with Gasteiger partial charge in [0.25, 0.3) is 0 Å². The summed E-state index contributed by atoms with van der Waals surface area (Å²) < 4.78 is 0. The third kappa shape index (κ3) is 0.875. The summed E-state index contributed by atoms with van der Waals surface area (Å²) in [5.41, 5.74) is 0. The molecule has 0 aliphatic carbocycles. The fourth-order valence-corrected chi connectivity index (χ4v) is 0.308. The van der Waals surface area contributed by atoms with Gasteiger partial charge in [-0.2, -0.15) is 0 Å². The third-order valence-corrected chi connectivity index (χ3v) is 0.603. The Kier molecular flexibility index (Phi) is 1.33. The van der Waals surface area contributed by atoms with E-state index in [0.717, 1.165) is 0 Å². The van der Waals surface area contributed by atoms with Gasteiger partial charge in [0.05, 0.1) is 0 Å². The van der Waals surface area contributed by atoms with Crippen molar-refractivity contribution >= 4 is 7.28 Å². The van der Waals surface area contributed by atoms with Crippen LogP contribution in [0.1, 0.15) is 0 Å². The molecule has 0 aromatic carbocycles. The Labute approximate surface area is 46.3 Å². The maximum absolute atomic E-state index is 8.02. The Bertz CT molecular complexity index is 154. The van der Waals surface area contributed by atoms with Crippen molar-refractivity contribution in [1.82, 2.24) is 0 Å². The van der Waals surface area contributed by atoms with E-state index in [1.165, 1.54) is 7.28 Å². The van der Waals surface area contributed by atoms with Crippen LogP contribution in [-0.2, 0) is 0 Å². The average molecular weight is 106 g/mol. The minimum absolute atomic E-state index is 0.458. The van der Waals surface area contributed by atoms with Gasteiger partial charge in [0.15, 0.2) is 6.07 Å². The lowest BCUT2D eigenvalue weighted by Gasteiger charge is -1.82. The molecule has 1 radical (unpaired) electrons. The monoisotopic (exact) mass is 106 g/mol. The van der Waals surface area contributed by atoms with Crippen molar-refractivity contribution < 1.29 is 0 Å². The Hall–Kier alpha value is -1.25. The van der Waals surface area contributed by atoms with E-state index in [4.69, 9.17) is 5.26 Å². The number of hydrogen-bond acceptors (Lipinski definition) is 5. The summed E-state index contributed by atoms with van der Waals surface area (Å²) in [4.78, 5) is 0. The second-order valence-corrected chi connectivity index (χ2v) is 1.12. The van der Waals surface area contributed by atoms with Crippen LogP contribution in [0, 0.1) is 11.2 Å². The molecule has 1 aliphatic rings. The third-order valence-electron chi connectivity index (χ3n) is 0.603. The zero-order valence-electron chi connectivity index (χ0n) is 3.89. The van der Waals surface area contributed by atoms with E-state index < -0.39 is 6.07 Å². The van der Waals surface area contributed by atoms with Crippen LogP contribution in [0.15, 0.2) is 20.7 Å². The first-order valence-electron chi connectivity index (χ1n) is 1.96. The van der Waals surface area contributed by atoms with E-state index in [2.05, 4.69) is 20.7 Å². The predicted octanol–water partition coefficient (Wildman–Crippen LogP) is 0.288. The highest BCUT2D eigenvalue weighted by atomic mass is 15.5. The summed E-state index contributed by atoms with van der Waals surface area (Å²) >= 11 is 0. The first kappa shape index (κ1) is 4.90. The van der Waals surface area contributed by atoms with Crippen molar-refractivity contribution in [3.05, 3.63) is 0 Å². The molecule has 0 unspecified atom stereocenters. The molecule has 37 valence electrons. The van der Waals surface area contributed by atoms with Crippen molar-refractivity contribution in [2.75, 3.05) is 0 Å². The van der Waals surface area contributed by atoms with Gasteiger partial charge in [0.2, 0.25) is 0 Å². The quantitative estimate of drug-likeness (QED) is 0.442. The van der Waals surface area contributed by atoms with Crippen LogP contribution in [0.25, 0.3) is 0 Å². The van der Waals surface area contributed by atoms with Gasteiger partial charge in [0, 0.05) is 5.97 Å². The maximum atomic E-state index is 8.02. The first-order chi connectivity index (χ1) is 3.93. The summed E-state index contributed by atoms with van der Waals surface area (Å²) in [6, 6.07) is -0.458. The maximum Gasteiger partial charge on any atom is 0.319 e. The van der Waals surface area contributed by atoms with E-state index in [1.54, 1.807) is 5.97 Å². The van der Waals surface area contributed by atoms with Crippen molar-refractivity contribution in [2.45, 2.75) is 6.07 Å². The Morgan fingerprint density at radius 1 is 1.38 bits per heavy atom. The fraction of sp³-hybridized carbons (Fsp3) is 0.500. The largest absolute Gasteiger partial charge is 0.319 e. The standard InChI is InChI=1S/C2HBN5/c4-1-3-2-5-7-8-6-2/h2H. The zero-order valence-corrected chi connectivity index (χ0v) is 3.89. The number of hydrogen-bond donors (Lipinski definition) is 0. The predicted molar refractivity (Wildman–Crippen MR) is 24.9 cm³/mol. The Morgan fingerprint density at radius 3 is 2.50 bits per heavy atom. The molecule has 0 aromatic heterocycles. The second kappa shape index (κ2) is 2.16. The molecule has 0 saturated heterocycles. The molecule has 0 N–H and O–H groups in total. The molecule has 1 rings (SSSR count). The van der Waals surface area contributed by atoms with Crippen LogP contribution < -0.4 is 0 Å². The van der Waals surface area contributed by atoms with E-state index in [9.17, 15) is 0 Å². The van der Waals surface area contributed by atoms with E-state index in [1.807, 2.05) is 0 Å². The van der Waals surface area contributed by atoms with Gasteiger partial charge >= 0.3 is 7.28 Å². The van der Waals surface area contributed by atoms with Crippen LogP contribution in [0.3, 0.4) is 0 Å². The minimum atomic E-state index is -0.458. The molecule has 1 aliphatic heterocycles. The summed E-state index contributed by atoms with van der Waals surface area (Å²) in [6.07, 6.45) is 0. The molecule has 0 fully saturated rings. The van der Waals surface area contributed by atoms with Crippen molar-refractivity contribution in [3.63, 3.8) is 0 Å². The molecule has 0 atom stereocenters. The molecule has 8 heavy (non-hydrogen) atoms. The first-order valence-corrected chi connectivity index (χ1v) is 1.96. The Morgan fingerprint density at radius 2 is 2.00 bits per heavy atom. The molecule has 5 nitrogen and oxygen atoms in total. The lowest BCUT2D eigenvalue weighted by atomic mass is 9.78. The van der Waals surface area contributed by atoms with Gasteiger partial charge in [-0.15, -0.1) is 10.2 Å². The average Bonchev–Trinajstić information content (AvgIpc) is 2.19. The molecule has 0 bridgehead atoms. The second-order valence-electron chi connectivity index (χ2n) is 1.12. The van der Waals surface area contributed by atoms with Gasteiger partial charge < -0.3 is 0 Å². The molecular weight excluding hydrogens is 105 g/mol. The molecule has 0 amide bonds. The van der Waals surface area contributed by atoms with Gasteiger partial charge in [-0.1, -0.05) is 0 Å². The van der Waals surface area contributed by atoms with E-state index in [0.29, 0.717) is 0 Å². The SMILES string of the molecule is N#C[B]C1N=NN=N1. The molecule has 0 aromatic rings. The van der Waals surface area contributed by atoms with Crippen LogP contribution >= 0.6 is 0 Å². The van der Waals surface area contributed by atoms with E-state index >= 15 is 0 Å². The van der Waals surface area contributed by atoms with Crippen LogP contribution in [0.5, 0.6) is 0 Å². The molecule has 0 saturated carbocycles. The normalized spacial score (nSPS) is 16.4. The lowest BCUT2D eigenvalue weighted by molar-refractivity contribution is 0.945. The van der Waals surface area contributed by atoms with Gasteiger partial charge in [-0.05, 0) is 10.4 Å². The Balaban J connectivity index is 2.41. The summed E-state index contributed by atoms with van der Waals surface area (Å²) in [6.45, 7) is 0. The van der Waals surface area contributed by atoms with Crippen LogP contribution in [-0.4, -0.2) is 13.3 Å². The highest BCUT2D eigenvalue weighted by Gasteiger charge is 2.09. The summed E-state index contributed by atoms with van der Waals surface area (Å²) in [5.74, 6) is 1.78. The van der Waals surface area contributed by atoms with Crippen LogP contribution in [0.4, 0.5) is 0 Å². The summed E-state index contributed by atoms with van der Waals surface area (Å²) in [7, 11) is 1.25. The highest BCUT2D eigenvalue weighted by molar-refractivity contribution is 6.46. The molecule has 0 spiro atoms. The molecule has 6 heteroatoms. The van der Waals surface area contributed by atoms with Crippen molar-refractivity contribution in [2.24, 2.45) is 20.7 Å². The number of rotatable bonds is 1. The van der Waals surface area contributed by atoms with Gasteiger partial charge in [-0.25, -0.2) is 5.26 Å². The minimum Gasteiger partial charge on any atom is -0.213 e. The number of nitrogens with zero attached hydrogens (tertiary/aromatic N) is 5. The van der Waals surface area contributed by atoms with Crippen molar-refractivity contribution in [1.29, 1.82) is 5.26 Å². The number of nitriles is 1. The topological polar surface area (TPSA) is 73.2 Å². The van der Waals surface area contributed by atoms with Crippen LogP contribution in [0.2, 0.25) is 0 Å². The molecule has 1 heterocycles. The summed E-state index contributed by atoms with van der Waals surface area (Å²) in [5, 5.41) is 21.3. The fourth-order valence-electron chi connectivity index (χ4n) is 0.308. The molecular formula is C2HBN5. The van der Waals surface area contributed by atoms with Gasteiger partial charge in [0.1, 0.15) is 0 Å². The van der Waals surface area contributed by atoms with Gasteiger partial charge in [-0.3, -0.25) is 0 Å². The van der Waals surface area contributed by atoms with E-state index in [-0.39, 0.29) is 0 Å².